The maximum absolute atomic E-state index is 10.8. The van der Waals surface area contributed by atoms with Gasteiger partial charge in [-0.05, 0) is 12.8 Å². The lowest BCUT2D eigenvalue weighted by atomic mass is 10.1. The Morgan fingerprint density at radius 2 is 2.26 bits per heavy atom. The average molecular weight is 287 g/mol. The van der Waals surface area contributed by atoms with Gasteiger partial charge in [0.1, 0.15) is 0 Å². The molecule has 0 unspecified atom stereocenters. The number of hydrogen-bond donors (Lipinski definition) is 2. The predicted molar refractivity (Wildman–Crippen MR) is 69.8 cm³/mol. The molecule has 1 aliphatic rings. The first-order chi connectivity index (χ1) is 9.10. The van der Waals surface area contributed by atoms with E-state index in [1.807, 2.05) is 0 Å². The van der Waals surface area contributed by atoms with Crippen LogP contribution in [0.3, 0.4) is 0 Å². The summed E-state index contributed by atoms with van der Waals surface area (Å²) in [6.45, 7) is 1.00. The molecule has 0 bridgehead atoms. The van der Waals surface area contributed by atoms with Crippen LogP contribution in [-0.4, -0.2) is 52.3 Å². The molecule has 0 spiro atoms. The zero-order valence-corrected chi connectivity index (χ0v) is 11.2. The Morgan fingerprint density at radius 1 is 1.58 bits per heavy atom. The predicted octanol–water partition coefficient (Wildman–Crippen LogP) is 1.69. The second-order valence-electron chi connectivity index (χ2n) is 4.24. The molecular weight excluding hydrogens is 272 g/mol. The number of ether oxygens (including phenoxy) is 1. The molecular formula is C11H15ClN4O3. The van der Waals surface area contributed by atoms with Crippen LogP contribution in [0.4, 0.5) is 10.6 Å². The summed E-state index contributed by atoms with van der Waals surface area (Å²) < 4.78 is 4.99. The van der Waals surface area contributed by atoms with E-state index in [1.54, 1.807) is 0 Å². The van der Waals surface area contributed by atoms with Gasteiger partial charge in [-0.25, -0.2) is 9.78 Å². The van der Waals surface area contributed by atoms with Crippen LogP contribution in [0.25, 0.3) is 0 Å². The molecule has 0 saturated carbocycles. The van der Waals surface area contributed by atoms with Gasteiger partial charge in [0.2, 0.25) is 5.88 Å². The highest BCUT2D eigenvalue weighted by molar-refractivity contribution is 6.31. The highest BCUT2D eigenvalue weighted by Crippen LogP contribution is 2.22. The van der Waals surface area contributed by atoms with Crippen molar-refractivity contribution in [3.8, 4) is 5.88 Å². The molecule has 19 heavy (non-hydrogen) atoms. The smallest absolute Gasteiger partial charge is 0.407 e. The Bertz CT molecular complexity index is 463. The largest absolute Gasteiger partial charge is 0.480 e. The number of likely N-dealkylation sites (tertiary alicyclic amines) is 1. The Kier molecular flexibility index (Phi) is 4.26. The number of piperidine rings is 1. The number of carbonyl (C=O) groups is 1. The Balaban J connectivity index is 1.97. The van der Waals surface area contributed by atoms with Crippen LogP contribution in [0.1, 0.15) is 12.8 Å². The number of aromatic nitrogens is 2. The number of amides is 1. The van der Waals surface area contributed by atoms with Crippen LogP contribution < -0.4 is 10.1 Å². The van der Waals surface area contributed by atoms with Crippen molar-refractivity contribution < 1.29 is 14.6 Å². The first-order valence-electron chi connectivity index (χ1n) is 5.91. The van der Waals surface area contributed by atoms with E-state index in [9.17, 15) is 4.79 Å². The maximum Gasteiger partial charge on any atom is 0.407 e. The summed E-state index contributed by atoms with van der Waals surface area (Å²) in [4.78, 5) is 20.4. The maximum atomic E-state index is 10.8. The van der Waals surface area contributed by atoms with Gasteiger partial charge in [0, 0.05) is 19.1 Å². The van der Waals surface area contributed by atoms with E-state index in [-0.39, 0.29) is 11.2 Å². The number of halogens is 1. The molecule has 2 rings (SSSR count). The first kappa shape index (κ1) is 13.7. The van der Waals surface area contributed by atoms with Crippen molar-refractivity contribution in [2.24, 2.45) is 0 Å². The number of rotatable bonds is 3. The number of nitrogens with zero attached hydrogens (tertiary/aromatic N) is 3. The van der Waals surface area contributed by atoms with Crippen molar-refractivity contribution >= 4 is 23.5 Å². The van der Waals surface area contributed by atoms with Crippen molar-refractivity contribution in [1.29, 1.82) is 0 Å². The lowest BCUT2D eigenvalue weighted by Gasteiger charge is -2.30. The quantitative estimate of drug-likeness (QED) is 0.879. The summed E-state index contributed by atoms with van der Waals surface area (Å²) in [5, 5.41) is 12.3. The summed E-state index contributed by atoms with van der Waals surface area (Å²) in [6, 6.07) is 0.134. The minimum absolute atomic E-state index is 0.134. The van der Waals surface area contributed by atoms with Crippen molar-refractivity contribution in [2.45, 2.75) is 18.9 Å². The summed E-state index contributed by atoms with van der Waals surface area (Å²) in [5.74, 6) is 0.852. The van der Waals surface area contributed by atoms with E-state index < -0.39 is 6.09 Å². The van der Waals surface area contributed by atoms with Gasteiger partial charge in [-0.2, -0.15) is 4.98 Å². The van der Waals surface area contributed by atoms with Crippen molar-refractivity contribution in [1.82, 2.24) is 14.9 Å². The van der Waals surface area contributed by atoms with Crippen molar-refractivity contribution in [3.05, 3.63) is 11.3 Å². The number of methoxy groups -OCH3 is 1. The van der Waals surface area contributed by atoms with Gasteiger partial charge in [0.15, 0.2) is 11.0 Å². The third-order valence-electron chi connectivity index (χ3n) is 3.02. The zero-order chi connectivity index (χ0) is 13.8. The number of carboxylic acid groups (broad SMARTS) is 1. The van der Waals surface area contributed by atoms with E-state index in [4.69, 9.17) is 21.4 Å². The SMILES string of the molecule is COc1cnc(Cl)c(NC2CCN(C(=O)O)CC2)n1. The molecule has 0 aromatic carbocycles. The second kappa shape index (κ2) is 5.92. The lowest BCUT2D eigenvalue weighted by Crippen LogP contribution is -2.41. The summed E-state index contributed by atoms with van der Waals surface area (Å²) in [7, 11) is 1.51. The van der Waals surface area contributed by atoms with Gasteiger partial charge >= 0.3 is 6.09 Å². The first-order valence-corrected chi connectivity index (χ1v) is 6.29. The van der Waals surface area contributed by atoms with E-state index in [0.717, 1.165) is 0 Å². The Labute approximate surface area is 115 Å². The highest BCUT2D eigenvalue weighted by atomic mass is 35.5. The molecule has 8 heteroatoms. The van der Waals surface area contributed by atoms with Gasteiger partial charge in [-0.3, -0.25) is 0 Å². The van der Waals surface area contributed by atoms with Crippen LogP contribution in [0, 0.1) is 0 Å². The summed E-state index contributed by atoms with van der Waals surface area (Å²) in [5.41, 5.74) is 0. The van der Waals surface area contributed by atoms with Crippen LogP contribution in [0.2, 0.25) is 5.15 Å². The molecule has 1 amide bonds. The van der Waals surface area contributed by atoms with E-state index >= 15 is 0 Å². The normalized spacial score (nSPS) is 16.2. The van der Waals surface area contributed by atoms with Crippen molar-refractivity contribution in [2.75, 3.05) is 25.5 Å². The van der Waals surface area contributed by atoms with E-state index in [0.29, 0.717) is 37.6 Å². The molecule has 0 atom stereocenters. The molecule has 1 aromatic rings. The molecule has 0 aliphatic carbocycles. The molecule has 0 radical (unpaired) electrons. The Hall–Kier alpha value is -1.76. The molecule has 2 N–H and O–H groups in total. The standard InChI is InChI=1S/C11H15ClN4O3/c1-19-8-6-13-9(12)10(15-8)14-7-2-4-16(5-3-7)11(17)18/h6-7H,2-5H2,1H3,(H,14,15)(H,17,18). The highest BCUT2D eigenvalue weighted by Gasteiger charge is 2.23. The number of anilines is 1. The zero-order valence-electron chi connectivity index (χ0n) is 10.5. The molecule has 7 nitrogen and oxygen atoms in total. The van der Waals surface area contributed by atoms with Crippen molar-refractivity contribution in [3.63, 3.8) is 0 Å². The fourth-order valence-corrected chi connectivity index (χ4v) is 2.10. The van der Waals surface area contributed by atoms with E-state index in [2.05, 4.69) is 15.3 Å². The van der Waals surface area contributed by atoms with Crippen LogP contribution in [-0.2, 0) is 0 Å². The number of hydrogen-bond acceptors (Lipinski definition) is 5. The molecule has 104 valence electrons. The fraction of sp³-hybridized carbons (Fsp3) is 0.545. The average Bonchev–Trinajstić information content (AvgIpc) is 2.42. The monoisotopic (exact) mass is 286 g/mol. The summed E-state index contributed by atoms with van der Waals surface area (Å²) in [6.07, 6.45) is 1.99. The van der Waals surface area contributed by atoms with Gasteiger partial charge in [-0.1, -0.05) is 11.6 Å². The molecule has 1 aliphatic heterocycles. The lowest BCUT2D eigenvalue weighted by molar-refractivity contribution is 0.133. The van der Waals surface area contributed by atoms with Gasteiger partial charge in [0.25, 0.3) is 0 Å². The minimum atomic E-state index is -0.877. The third kappa shape index (κ3) is 3.37. The number of nitrogens with one attached hydrogen (secondary N) is 1. The molecule has 1 fully saturated rings. The van der Waals surface area contributed by atoms with E-state index in [1.165, 1.54) is 18.2 Å². The topological polar surface area (TPSA) is 87.6 Å². The minimum Gasteiger partial charge on any atom is -0.480 e. The van der Waals surface area contributed by atoms with Crippen LogP contribution >= 0.6 is 11.6 Å². The Morgan fingerprint density at radius 3 is 2.84 bits per heavy atom. The van der Waals surface area contributed by atoms with Crippen LogP contribution in [0.15, 0.2) is 6.20 Å². The van der Waals surface area contributed by atoms with Gasteiger partial charge < -0.3 is 20.1 Å². The second-order valence-corrected chi connectivity index (χ2v) is 4.60. The van der Waals surface area contributed by atoms with Gasteiger partial charge in [0.05, 0.1) is 13.3 Å². The fourth-order valence-electron chi connectivity index (χ4n) is 1.96. The van der Waals surface area contributed by atoms with Crippen LogP contribution in [0.5, 0.6) is 5.88 Å². The molecule has 1 aromatic heterocycles. The third-order valence-corrected chi connectivity index (χ3v) is 3.30. The summed E-state index contributed by atoms with van der Waals surface area (Å²) >= 11 is 5.96. The van der Waals surface area contributed by atoms with Gasteiger partial charge in [-0.15, -0.1) is 0 Å². The molecule has 1 saturated heterocycles. The molecule has 2 heterocycles.